The van der Waals surface area contributed by atoms with Crippen LogP contribution in [0.5, 0.6) is 5.75 Å². The molecule has 2 aromatic rings. The highest BCUT2D eigenvalue weighted by Gasteiger charge is 2.21. The molecule has 0 aliphatic carbocycles. The Labute approximate surface area is 104 Å². The summed E-state index contributed by atoms with van der Waals surface area (Å²) in [5.41, 5.74) is 5.62. The van der Waals surface area contributed by atoms with E-state index in [1.54, 1.807) is 0 Å². The Morgan fingerprint density at radius 2 is 2.12 bits per heavy atom. The number of nitrogens with one attached hydrogen (secondary N) is 1. The number of nitrogens with two attached hydrogens (primary N) is 1. The molecular weight excluding hydrogens is 296 g/mol. The number of H-pyrrole nitrogens is 1. The Morgan fingerprint density at radius 3 is 2.65 bits per heavy atom. The summed E-state index contributed by atoms with van der Waals surface area (Å²) in [5.74, 6) is -1.65. The molecule has 1 aromatic heterocycles. The summed E-state index contributed by atoms with van der Waals surface area (Å²) in [5, 5.41) is 6.17. The number of aromatic nitrogens is 2. The molecule has 0 radical (unpaired) electrons. The van der Waals surface area contributed by atoms with Crippen LogP contribution in [0, 0.1) is 11.6 Å². The molecule has 1 heterocycles. The monoisotopic (exact) mass is 303 g/mol. The average Bonchev–Trinajstić information content (AvgIpc) is 2.69. The van der Waals surface area contributed by atoms with E-state index in [0.717, 1.165) is 6.07 Å². The summed E-state index contributed by atoms with van der Waals surface area (Å²) in [7, 11) is 1.36. The van der Waals surface area contributed by atoms with Gasteiger partial charge >= 0.3 is 0 Å². The highest BCUT2D eigenvalue weighted by atomic mass is 79.9. The van der Waals surface area contributed by atoms with Crippen LogP contribution in [0.2, 0.25) is 0 Å². The molecule has 7 heteroatoms. The molecule has 0 saturated carbocycles. The molecule has 90 valence electrons. The van der Waals surface area contributed by atoms with Gasteiger partial charge in [0.15, 0.2) is 11.6 Å². The van der Waals surface area contributed by atoms with Crippen molar-refractivity contribution >= 4 is 21.7 Å². The van der Waals surface area contributed by atoms with Crippen LogP contribution in [0.4, 0.5) is 14.6 Å². The molecule has 0 amide bonds. The second kappa shape index (κ2) is 4.33. The number of rotatable bonds is 2. The average molecular weight is 304 g/mol. The van der Waals surface area contributed by atoms with Crippen molar-refractivity contribution in [2.75, 3.05) is 12.8 Å². The number of ether oxygens (including phenoxy) is 1. The molecule has 0 aliphatic heterocycles. The third-order valence-corrected chi connectivity index (χ3v) is 2.79. The maximum Gasteiger partial charge on any atom is 0.172 e. The van der Waals surface area contributed by atoms with E-state index in [9.17, 15) is 8.78 Å². The Kier molecular flexibility index (Phi) is 3.01. The third-order valence-electron chi connectivity index (χ3n) is 2.20. The molecule has 0 atom stereocenters. The van der Waals surface area contributed by atoms with Crippen molar-refractivity contribution in [3.63, 3.8) is 0 Å². The molecule has 0 saturated heterocycles. The van der Waals surface area contributed by atoms with E-state index in [1.165, 1.54) is 13.2 Å². The molecule has 0 aliphatic rings. The zero-order valence-corrected chi connectivity index (χ0v) is 10.3. The number of hydrogen-bond donors (Lipinski definition) is 2. The lowest BCUT2D eigenvalue weighted by atomic mass is 10.1. The zero-order chi connectivity index (χ0) is 12.6. The molecule has 17 heavy (non-hydrogen) atoms. The summed E-state index contributed by atoms with van der Waals surface area (Å²) >= 11 is 3.10. The van der Waals surface area contributed by atoms with E-state index in [4.69, 9.17) is 10.5 Å². The summed E-state index contributed by atoms with van der Waals surface area (Å²) in [4.78, 5) is 0. The maximum atomic E-state index is 13.8. The van der Waals surface area contributed by atoms with Crippen LogP contribution in [0.25, 0.3) is 11.3 Å². The minimum Gasteiger partial charge on any atom is -0.495 e. The minimum atomic E-state index is -1.02. The van der Waals surface area contributed by atoms with E-state index in [2.05, 4.69) is 26.1 Å². The summed E-state index contributed by atoms with van der Waals surface area (Å²) in [6, 6.07) is 2.39. The zero-order valence-electron chi connectivity index (χ0n) is 8.72. The first-order valence-electron chi connectivity index (χ1n) is 4.57. The first kappa shape index (κ1) is 11.8. The van der Waals surface area contributed by atoms with Crippen LogP contribution >= 0.6 is 15.9 Å². The summed E-state index contributed by atoms with van der Waals surface area (Å²) in [6.45, 7) is 0. The van der Waals surface area contributed by atoms with Gasteiger partial charge in [0, 0.05) is 6.07 Å². The van der Waals surface area contributed by atoms with Crippen molar-refractivity contribution in [1.82, 2.24) is 10.2 Å². The molecule has 0 unspecified atom stereocenters. The largest absolute Gasteiger partial charge is 0.495 e. The first-order chi connectivity index (χ1) is 8.04. The minimum absolute atomic E-state index is 0.0522. The van der Waals surface area contributed by atoms with Crippen LogP contribution in [-0.4, -0.2) is 17.3 Å². The predicted octanol–water partition coefficient (Wildman–Crippen LogP) is 2.71. The molecule has 2 rings (SSSR count). The number of hydrogen-bond acceptors (Lipinski definition) is 3. The predicted molar refractivity (Wildman–Crippen MR) is 62.6 cm³/mol. The van der Waals surface area contributed by atoms with Gasteiger partial charge in [-0.2, -0.15) is 5.10 Å². The standard InChI is InChI=1S/C10H8BrF2N3O/c1-17-10-4(11)2-5(12)9(13)8(10)6-3-7(14)16-15-6/h2-3H,1H3,(H3,14,15,16). The Bertz CT molecular complexity index is 571. The fraction of sp³-hybridized carbons (Fsp3) is 0.100. The Balaban J connectivity index is 2.74. The lowest BCUT2D eigenvalue weighted by molar-refractivity contribution is 0.406. The van der Waals surface area contributed by atoms with Crippen LogP contribution in [0.3, 0.4) is 0 Å². The number of anilines is 1. The van der Waals surface area contributed by atoms with Crippen molar-refractivity contribution < 1.29 is 13.5 Å². The van der Waals surface area contributed by atoms with Gasteiger partial charge in [-0.3, -0.25) is 5.10 Å². The molecule has 0 spiro atoms. The van der Waals surface area contributed by atoms with Crippen LogP contribution in [-0.2, 0) is 0 Å². The van der Waals surface area contributed by atoms with Crippen molar-refractivity contribution in [3.05, 3.63) is 28.2 Å². The van der Waals surface area contributed by atoms with Gasteiger partial charge in [0.2, 0.25) is 0 Å². The molecule has 0 fully saturated rings. The molecule has 4 nitrogen and oxygen atoms in total. The molecule has 1 aromatic carbocycles. The van der Waals surface area contributed by atoms with Gasteiger partial charge in [0.25, 0.3) is 0 Å². The van der Waals surface area contributed by atoms with E-state index in [-0.39, 0.29) is 22.8 Å². The number of methoxy groups -OCH3 is 1. The van der Waals surface area contributed by atoms with Gasteiger partial charge in [-0.1, -0.05) is 0 Å². The topological polar surface area (TPSA) is 63.9 Å². The van der Waals surface area contributed by atoms with Crippen LogP contribution in [0.1, 0.15) is 0 Å². The van der Waals surface area contributed by atoms with Crippen molar-refractivity contribution in [1.29, 1.82) is 0 Å². The van der Waals surface area contributed by atoms with Crippen molar-refractivity contribution in [2.24, 2.45) is 0 Å². The number of benzene rings is 1. The number of nitrogens with zero attached hydrogens (tertiary/aromatic N) is 1. The van der Waals surface area contributed by atoms with Crippen molar-refractivity contribution in [2.45, 2.75) is 0 Å². The van der Waals surface area contributed by atoms with Gasteiger partial charge in [0.1, 0.15) is 11.6 Å². The third kappa shape index (κ3) is 1.97. The normalized spacial score (nSPS) is 10.6. The smallest absolute Gasteiger partial charge is 0.172 e. The molecule has 3 N–H and O–H groups in total. The van der Waals surface area contributed by atoms with Gasteiger partial charge < -0.3 is 10.5 Å². The lowest BCUT2D eigenvalue weighted by Crippen LogP contribution is -1.97. The summed E-state index contributed by atoms with van der Waals surface area (Å²) in [6.07, 6.45) is 0. The van der Waals surface area contributed by atoms with Crippen LogP contribution in [0.15, 0.2) is 16.6 Å². The highest BCUT2D eigenvalue weighted by molar-refractivity contribution is 9.10. The number of halogens is 3. The Morgan fingerprint density at radius 1 is 1.41 bits per heavy atom. The van der Waals surface area contributed by atoms with Gasteiger partial charge in [0.05, 0.1) is 22.8 Å². The second-order valence-corrected chi connectivity index (χ2v) is 4.12. The van der Waals surface area contributed by atoms with Crippen molar-refractivity contribution in [3.8, 4) is 17.0 Å². The van der Waals surface area contributed by atoms with E-state index < -0.39 is 11.6 Å². The first-order valence-corrected chi connectivity index (χ1v) is 5.36. The van der Waals surface area contributed by atoms with Gasteiger partial charge in [-0.05, 0) is 22.0 Å². The fourth-order valence-electron chi connectivity index (χ4n) is 1.48. The fourth-order valence-corrected chi connectivity index (χ4v) is 2.05. The van der Waals surface area contributed by atoms with E-state index in [0.29, 0.717) is 4.47 Å². The second-order valence-electron chi connectivity index (χ2n) is 3.27. The quantitative estimate of drug-likeness (QED) is 0.839. The molecular formula is C10H8BrF2N3O. The number of nitrogen functional groups attached to an aromatic ring is 1. The maximum absolute atomic E-state index is 13.8. The molecule has 0 bridgehead atoms. The number of aromatic amines is 1. The van der Waals surface area contributed by atoms with E-state index in [1.807, 2.05) is 0 Å². The Hall–Kier alpha value is -1.63. The SMILES string of the molecule is COc1c(Br)cc(F)c(F)c1-c1cc(N)n[nH]1. The van der Waals surface area contributed by atoms with Crippen LogP contribution < -0.4 is 10.5 Å². The summed E-state index contributed by atoms with van der Waals surface area (Å²) < 4.78 is 32.4. The van der Waals surface area contributed by atoms with Gasteiger partial charge in [-0.25, -0.2) is 8.78 Å². The highest BCUT2D eigenvalue weighted by Crippen LogP contribution is 2.39. The van der Waals surface area contributed by atoms with Gasteiger partial charge in [-0.15, -0.1) is 0 Å². The lowest BCUT2D eigenvalue weighted by Gasteiger charge is -2.10. The van der Waals surface area contributed by atoms with E-state index >= 15 is 0 Å².